The van der Waals surface area contributed by atoms with E-state index in [4.69, 9.17) is 4.74 Å². The maximum atomic E-state index is 11.6. The van der Waals surface area contributed by atoms with E-state index < -0.39 is 0 Å². The van der Waals surface area contributed by atoms with Crippen LogP contribution in [0.1, 0.15) is 26.7 Å². The largest absolute Gasteiger partial charge is 0.376 e. The Morgan fingerprint density at radius 3 is 2.79 bits per heavy atom. The fourth-order valence-electron chi connectivity index (χ4n) is 1.54. The zero-order valence-corrected chi connectivity index (χ0v) is 9.89. The maximum absolute atomic E-state index is 11.6. The van der Waals surface area contributed by atoms with Crippen LogP contribution in [-0.4, -0.2) is 36.2 Å². The molecule has 0 aromatic rings. The van der Waals surface area contributed by atoms with Crippen molar-refractivity contribution in [1.82, 2.24) is 5.32 Å². The lowest BCUT2D eigenvalue weighted by Gasteiger charge is -2.21. The first-order chi connectivity index (χ1) is 6.65. The first-order valence-corrected chi connectivity index (χ1v) is 6.38. The molecule has 0 spiro atoms. The van der Waals surface area contributed by atoms with Crippen LogP contribution in [-0.2, 0) is 9.53 Å². The van der Waals surface area contributed by atoms with Crippen LogP contribution in [0.15, 0.2) is 0 Å². The highest BCUT2D eigenvalue weighted by atomic mass is 32.2. The van der Waals surface area contributed by atoms with Crippen LogP contribution < -0.4 is 5.32 Å². The zero-order valence-electron chi connectivity index (χ0n) is 9.08. The van der Waals surface area contributed by atoms with Gasteiger partial charge in [0.1, 0.15) is 0 Å². The molecule has 0 aromatic carbocycles. The van der Waals surface area contributed by atoms with E-state index in [1.807, 2.05) is 20.1 Å². The summed E-state index contributed by atoms with van der Waals surface area (Å²) in [5.41, 5.74) is 0. The normalized spacial score (nSPS) is 25.8. The second-order valence-corrected chi connectivity index (χ2v) is 4.91. The summed E-state index contributed by atoms with van der Waals surface area (Å²) in [7, 11) is 0. The molecule has 4 heteroatoms. The lowest BCUT2D eigenvalue weighted by molar-refractivity contribution is -0.121. The molecule has 3 nitrogen and oxygen atoms in total. The van der Waals surface area contributed by atoms with E-state index >= 15 is 0 Å². The third-order valence-electron chi connectivity index (χ3n) is 2.62. The summed E-state index contributed by atoms with van der Waals surface area (Å²) in [6.07, 6.45) is 4.34. The molecule has 1 aliphatic heterocycles. The molecule has 1 heterocycles. The van der Waals surface area contributed by atoms with Crippen LogP contribution in [0.2, 0.25) is 0 Å². The molecule has 0 aliphatic carbocycles. The molecule has 1 saturated heterocycles. The summed E-state index contributed by atoms with van der Waals surface area (Å²) in [6, 6.07) is 0.139. The first kappa shape index (κ1) is 11.9. The van der Waals surface area contributed by atoms with Gasteiger partial charge in [0.15, 0.2) is 0 Å². The number of hydrogen-bond donors (Lipinski definition) is 1. The molecule has 3 atom stereocenters. The summed E-state index contributed by atoms with van der Waals surface area (Å²) in [5, 5.41) is 3.01. The smallest absolute Gasteiger partial charge is 0.233 e. The van der Waals surface area contributed by atoms with E-state index in [1.54, 1.807) is 11.8 Å². The second-order valence-electron chi connectivity index (χ2n) is 3.73. The quantitative estimate of drug-likeness (QED) is 0.774. The summed E-state index contributed by atoms with van der Waals surface area (Å²) < 4.78 is 5.51. The molecule has 1 N–H and O–H groups in total. The van der Waals surface area contributed by atoms with Gasteiger partial charge in [-0.25, -0.2) is 0 Å². The third-order valence-corrected chi connectivity index (χ3v) is 3.54. The predicted octanol–water partition coefficient (Wildman–Crippen LogP) is 1.42. The average Bonchev–Trinajstić information content (AvgIpc) is 2.69. The highest BCUT2D eigenvalue weighted by Crippen LogP contribution is 2.16. The van der Waals surface area contributed by atoms with Gasteiger partial charge in [0, 0.05) is 6.61 Å². The van der Waals surface area contributed by atoms with Crippen LogP contribution in [0.3, 0.4) is 0 Å². The van der Waals surface area contributed by atoms with Crippen LogP contribution in [0.25, 0.3) is 0 Å². The molecule has 0 radical (unpaired) electrons. The molecule has 1 amide bonds. The van der Waals surface area contributed by atoms with Crippen LogP contribution in [0.4, 0.5) is 0 Å². The van der Waals surface area contributed by atoms with Crippen molar-refractivity contribution in [3.63, 3.8) is 0 Å². The van der Waals surface area contributed by atoms with Crippen molar-refractivity contribution < 1.29 is 9.53 Å². The summed E-state index contributed by atoms with van der Waals surface area (Å²) in [4.78, 5) is 11.6. The van der Waals surface area contributed by atoms with Gasteiger partial charge in [-0.3, -0.25) is 4.79 Å². The minimum absolute atomic E-state index is 0.0267. The van der Waals surface area contributed by atoms with Gasteiger partial charge < -0.3 is 10.1 Å². The Labute approximate surface area is 90.0 Å². The highest BCUT2D eigenvalue weighted by molar-refractivity contribution is 7.99. The van der Waals surface area contributed by atoms with Gasteiger partial charge >= 0.3 is 0 Å². The maximum Gasteiger partial charge on any atom is 0.233 e. The molecular formula is C10H19NO2S. The Bertz CT molecular complexity index is 193. The summed E-state index contributed by atoms with van der Waals surface area (Å²) in [5.74, 6) is 0.112. The van der Waals surface area contributed by atoms with Crippen molar-refractivity contribution >= 4 is 17.7 Å². The topological polar surface area (TPSA) is 38.3 Å². The van der Waals surface area contributed by atoms with E-state index in [2.05, 4.69) is 5.32 Å². The number of thioether (sulfide) groups is 1. The minimum Gasteiger partial charge on any atom is -0.376 e. The number of carbonyl (C=O) groups excluding carboxylic acids is 1. The Morgan fingerprint density at radius 2 is 2.29 bits per heavy atom. The fourth-order valence-corrected chi connectivity index (χ4v) is 1.82. The number of nitrogens with one attached hydrogen (secondary N) is 1. The Kier molecular flexibility index (Phi) is 4.75. The second kappa shape index (κ2) is 5.61. The molecule has 0 bridgehead atoms. The summed E-state index contributed by atoms with van der Waals surface area (Å²) in [6.45, 7) is 4.77. The number of amides is 1. The predicted molar refractivity (Wildman–Crippen MR) is 59.6 cm³/mol. The lowest BCUT2D eigenvalue weighted by Crippen LogP contribution is -2.43. The van der Waals surface area contributed by atoms with E-state index in [0.717, 1.165) is 19.4 Å². The molecule has 0 aromatic heterocycles. The number of hydrogen-bond acceptors (Lipinski definition) is 3. The molecule has 14 heavy (non-hydrogen) atoms. The number of rotatable bonds is 4. The van der Waals surface area contributed by atoms with E-state index in [1.165, 1.54) is 0 Å². The van der Waals surface area contributed by atoms with Gasteiger partial charge in [-0.2, -0.15) is 11.8 Å². The third kappa shape index (κ3) is 3.17. The van der Waals surface area contributed by atoms with Crippen LogP contribution >= 0.6 is 11.8 Å². The SMILES string of the molecule is CSC(C)C(=O)NC(C)C1CCCO1. The van der Waals surface area contributed by atoms with Gasteiger partial charge in [0.05, 0.1) is 17.4 Å². The molecule has 0 saturated carbocycles. The zero-order chi connectivity index (χ0) is 10.6. The average molecular weight is 217 g/mol. The molecule has 3 unspecified atom stereocenters. The van der Waals surface area contributed by atoms with Gasteiger partial charge in [0.25, 0.3) is 0 Å². The molecule has 1 rings (SSSR count). The van der Waals surface area contributed by atoms with E-state index in [9.17, 15) is 4.79 Å². The van der Waals surface area contributed by atoms with Gasteiger partial charge in [-0.1, -0.05) is 0 Å². The molecule has 82 valence electrons. The standard InChI is InChI=1S/C10H19NO2S/c1-7(9-5-4-6-13-9)11-10(12)8(2)14-3/h7-9H,4-6H2,1-3H3,(H,11,12). The van der Waals surface area contributed by atoms with Gasteiger partial charge in [-0.15, -0.1) is 0 Å². The Balaban J connectivity index is 2.31. The Morgan fingerprint density at radius 1 is 1.57 bits per heavy atom. The lowest BCUT2D eigenvalue weighted by atomic mass is 10.1. The van der Waals surface area contributed by atoms with Crippen LogP contribution in [0, 0.1) is 0 Å². The molecular weight excluding hydrogens is 198 g/mol. The van der Waals surface area contributed by atoms with Crippen molar-refractivity contribution in [2.45, 2.75) is 44.1 Å². The Hall–Kier alpha value is -0.220. The molecule has 1 aliphatic rings. The van der Waals surface area contributed by atoms with Crippen LogP contribution in [0.5, 0.6) is 0 Å². The van der Waals surface area contributed by atoms with E-state index in [-0.39, 0.29) is 23.3 Å². The first-order valence-electron chi connectivity index (χ1n) is 5.10. The number of carbonyl (C=O) groups is 1. The van der Waals surface area contributed by atoms with Gasteiger partial charge in [-0.05, 0) is 32.9 Å². The van der Waals surface area contributed by atoms with E-state index in [0.29, 0.717) is 0 Å². The van der Waals surface area contributed by atoms with Crippen molar-refractivity contribution in [1.29, 1.82) is 0 Å². The van der Waals surface area contributed by atoms with Crippen molar-refractivity contribution in [2.24, 2.45) is 0 Å². The van der Waals surface area contributed by atoms with Crippen molar-refractivity contribution in [3.8, 4) is 0 Å². The monoisotopic (exact) mass is 217 g/mol. The summed E-state index contributed by atoms with van der Waals surface area (Å²) >= 11 is 1.56. The molecule has 1 fully saturated rings. The minimum atomic E-state index is 0.0267. The number of ether oxygens (including phenoxy) is 1. The van der Waals surface area contributed by atoms with Gasteiger partial charge in [0.2, 0.25) is 5.91 Å². The van der Waals surface area contributed by atoms with Crippen molar-refractivity contribution in [2.75, 3.05) is 12.9 Å². The highest BCUT2D eigenvalue weighted by Gasteiger charge is 2.24. The fraction of sp³-hybridized carbons (Fsp3) is 0.900. The van der Waals surface area contributed by atoms with Crippen molar-refractivity contribution in [3.05, 3.63) is 0 Å².